The Hall–Kier alpha value is -2.14. The summed E-state index contributed by atoms with van der Waals surface area (Å²) in [5, 5.41) is 5.51. The lowest BCUT2D eigenvalue weighted by Crippen LogP contribution is -2.23. The molecule has 0 radical (unpaired) electrons. The minimum absolute atomic E-state index is 0.111. The van der Waals surface area contributed by atoms with Gasteiger partial charge in [-0.2, -0.15) is 0 Å². The molecule has 110 valence electrons. The van der Waals surface area contributed by atoms with E-state index in [1.807, 2.05) is 36.6 Å². The van der Waals surface area contributed by atoms with Gasteiger partial charge < -0.3 is 10.1 Å². The number of aryl methyl sites for hydroxylation is 1. The Morgan fingerprint density at radius 3 is 2.90 bits per heavy atom. The third-order valence-electron chi connectivity index (χ3n) is 2.74. The van der Waals surface area contributed by atoms with Crippen molar-refractivity contribution >= 4 is 23.3 Å². The van der Waals surface area contributed by atoms with E-state index < -0.39 is 0 Å². The van der Waals surface area contributed by atoms with E-state index in [2.05, 4.69) is 10.3 Å². The Balaban J connectivity index is 1.59. The molecule has 0 spiro atoms. The first kappa shape index (κ1) is 15.3. The van der Waals surface area contributed by atoms with Crippen LogP contribution in [0.25, 0.3) is 6.08 Å². The van der Waals surface area contributed by atoms with Crippen molar-refractivity contribution in [2.24, 2.45) is 0 Å². The summed E-state index contributed by atoms with van der Waals surface area (Å²) in [6.45, 7) is 3.21. The number of carbonyl (C=O) groups excluding carboxylic acids is 1. The maximum absolute atomic E-state index is 11.5. The van der Waals surface area contributed by atoms with Crippen molar-refractivity contribution in [3.63, 3.8) is 0 Å². The van der Waals surface area contributed by atoms with E-state index in [0.29, 0.717) is 13.2 Å². The standard InChI is InChI=1S/C16H18N2O2S/c1-13-3-5-14(6-4-13)20-11-2-9-17-15(19)7-8-16-18-10-12-21-16/h3-8,10,12H,2,9,11H2,1H3,(H,17,19). The summed E-state index contributed by atoms with van der Waals surface area (Å²) in [5.74, 6) is 0.746. The smallest absolute Gasteiger partial charge is 0.244 e. The first-order chi connectivity index (χ1) is 10.2. The van der Waals surface area contributed by atoms with Crippen LogP contribution in [-0.2, 0) is 4.79 Å². The fraction of sp³-hybridized carbons (Fsp3) is 0.250. The van der Waals surface area contributed by atoms with E-state index in [9.17, 15) is 4.79 Å². The molecule has 1 amide bonds. The number of carbonyl (C=O) groups is 1. The number of benzene rings is 1. The number of ether oxygens (including phenoxy) is 1. The van der Waals surface area contributed by atoms with Gasteiger partial charge in [-0.1, -0.05) is 17.7 Å². The number of rotatable bonds is 7. The number of nitrogens with zero attached hydrogens (tertiary/aromatic N) is 1. The summed E-state index contributed by atoms with van der Waals surface area (Å²) in [7, 11) is 0. The van der Waals surface area contributed by atoms with Gasteiger partial charge in [-0.15, -0.1) is 11.3 Å². The summed E-state index contributed by atoms with van der Waals surface area (Å²) in [4.78, 5) is 15.6. The molecule has 21 heavy (non-hydrogen) atoms. The molecule has 0 bridgehead atoms. The molecule has 0 atom stereocenters. The van der Waals surface area contributed by atoms with Gasteiger partial charge in [0.25, 0.3) is 0 Å². The molecule has 1 N–H and O–H groups in total. The zero-order chi connectivity index (χ0) is 14.9. The van der Waals surface area contributed by atoms with Crippen molar-refractivity contribution in [3.8, 4) is 5.75 Å². The van der Waals surface area contributed by atoms with Crippen molar-refractivity contribution in [2.75, 3.05) is 13.2 Å². The average Bonchev–Trinajstić information content (AvgIpc) is 3.00. The van der Waals surface area contributed by atoms with E-state index >= 15 is 0 Å². The van der Waals surface area contributed by atoms with Gasteiger partial charge in [0, 0.05) is 24.2 Å². The minimum Gasteiger partial charge on any atom is -0.494 e. The van der Waals surface area contributed by atoms with Crippen molar-refractivity contribution in [2.45, 2.75) is 13.3 Å². The normalized spacial score (nSPS) is 10.7. The summed E-state index contributed by atoms with van der Waals surface area (Å²) in [6, 6.07) is 7.93. The molecular weight excluding hydrogens is 284 g/mol. The summed E-state index contributed by atoms with van der Waals surface area (Å²) >= 11 is 1.50. The van der Waals surface area contributed by atoms with Gasteiger partial charge in [-0.3, -0.25) is 4.79 Å². The van der Waals surface area contributed by atoms with Gasteiger partial charge in [0.1, 0.15) is 10.8 Å². The number of amides is 1. The van der Waals surface area contributed by atoms with Gasteiger partial charge in [0.15, 0.2) is 0 Å². The van der Waals surface area contributed by atoms with Crippen LogP contribution in [0.4, 0.5) is 0 Å². The van der Waals surface area contributed by atoms with E-state index in [4.69, 9.17) is 4.74 Å². The molecule has 0 aliphatic carbocycles. The monoisotopic (exact) mass is 302 g/mol. The highest BCUT2D eigenvalue weighted by Gasteiger charge is 1.97. The number of thiazole rings is 1. The second kappa shape index (κ2) is 8.21. The molecule has 2 aromatic rings. The van der Waals surface area contributed by atoms with Crippen LogP contribution in [-0.4, -0.2) is 24.0 Å². The van der Waals surface area contributed by atoms with Crippen molar-refractivity contribution in [1.82, 2.24) is 10.3 Å². The van der Waals surface area contributed by atoms with E-state index in [-0.39, 0.29) is 5.91 Å². The minimum atomic E-state index is -0.111. The Bertz CT molecular complexity index is 577. The molecule has 1 aromatic heterocycles. The molecule has 0 aliphatic rings. The lowest BCUT2D eigenvalue weighted by molar-refractivity contribution is -0.116. The number of hydrogen-bond donors (Lipinski definition) is 1. The number of aromatic nitrogens is 1. The lowest BCUT2D eigenvalue weighted by Gasteiger charge is -2.06. The highest BCUT2D eigenvalue weighted by atomic mass is 32.1. The van der Waals surface area contributed by atoms with Crippen LogP contribution in [0, 0.1) is 6.92 Å². The average molecular weight is 302 g/mol. The fourth-order valence-electron chi connectivity index (χ4n) is 1.63. The first-order valence-corrected chi connectivity index (χ1v) is 7.67. The van der Waals surface area contributed by atoms with Gasteiger partial charge in [0.2, 0.25) is 5.91 Å². The molecule has 0 aliphatic heterocycles. The van der Waals surface area contributed by atoms with Crippen LogP contribution in [0.2, 0.25) is 0 Å². The predicted octanol–water partition coefficient (Wildman–Crippen LogP) is 3.05. The Kier molecular flexibility index (Phi) is 5.97. The third kappa shape index (κ3) is 5.79. The van der Waals surface area contributed by atoms with Crippen molar-refractivity contribution < 1.29 is 9.53 Å². The maximum Gasteiger partial charge on any atom is 0.244 e. The summed E-state index contributed by atoms with van der Waals surface area (Å²) in [6.07, 6.45) is 5.69. The van der Waals surface area contributed by atoms with Crippen LogP contribution in [0.1, 0.15) is 17.0 Å². The third-order valence-corrected chi connectivity index (χ3v) is 3.48. The zero-order valence-electron chi connectivity index (χ0n) is 11.9. The highest BCUT2D eigenvalue weighted by molar-refractivity contribution is 7.10. The summed E-state index contributed by atoms with van der Waals surface area (Å²) in [5.41, 5.74) is 1.21. The van der Waals surface area contributed by atoms with Gasteiger partial charge >= 0.3 is 0 Å². The Morgan fingerprint density at radius 2 is 2.19 bits per heavy atom. The zero-order valence-corrected chi connectivity index (χ0v) is 12.7. The lowest BCUT2D eigenvalue weighted by atomic mass is 10.2. The van der Waals surface area contributed by atoms with E-state index in [1.165, 1.54) is 23.0 Å². The molecule has 0 fully saturated rings. The van der Waals surface area contributed by atoms with Crippen LogP contribution in [0.15, 0.2) is 41.9 Å². The largest absolute Gasteiger partial charge is 0.494 e. The molecule has 5 heteroatoms. The second-order valence-electron chi connectivity index (χ2n) is 4.51. The van der Waals surface area contributed by atoms with Crippen LogP contribution in [0.3, 0.4) is 0 Å². The van der Waals surface area contributed by atoms with Crippen LogP contribution in [0.5, 0.6) is 5.75 Å². The first-order valence-electron chi connectivity index (χ1n) is 6.79. The van der Waals surface area contributed by atoms with Crippen molar-refractivity contribution in [1.29, 1.82) is 0 Å². The quantitative estimate of drug-likeness (QED) is 0.632. The fourth-order valence-corrected chi connectivity index (χ4v) is 2.16. The number of nitrogens with one attached hydrogen (secondary N) is 1. The van der Waals surface area contributed by atoms with Gasteiger partial charge in [0.05, 0.1) is 6.61 Å². The van der Waals surface area contributed by atoms with Gasteiger partial charge in [-0.25, -0.2) is 4.98 Å². The SMILES string of the molecule is Cc1ccc(OCCCNC(=O)C=Cc2nccs2)cc1. The molecular formula is C16H18N2O2S. The maximum atomic E-state index is 11.5. The van der Waals surface area contributed by atoms with E-state index in [1.54, 1.807) is 12.3 Å². The van der Waals surface area contributed by atoms with Crippen molar-refractivity contribution in [3.05, 3.63) is 52.5 Å². The predicted molar refractivity (Wildman–Crippen MR) is 85.4 cm³/mol. The molecule has 1 aromatic carbocycles. The van der Waals surface area contributed by atoms with Gasteiger partial charge in [-0.05, 0) is 31.6 Å². The summed E-state index contributed by atoms with van der Waals surface area (Å²) < 4.78 is 5.58. The molecule has 0 unspecified atom stereocenters. The Morgan fingerprint density at radius 1 is 1.38 bits per heavy atom. The number of hydrogen-bond acceptors (Lipinski definition) is 4. The molecule has 0 saturated carbocycles. The topological polar surface area (TPSA) is 51.2 Å². The highest BCUT2D eigenvalue weighted by Crippen LogP contribution is 2.11. The second-order valence-corrected chi connectivity index (χ2v) is 5.44. The molecule has 0 saturated heterocycles. The molecule has 2 rings (SSSR count). The Labute approximate surface area is 128 Å². The van der Waals surface area contributed by atoms with Crippen LogP contribution >= 0.6 is 11.3 Å². The molecule has 1 heterocycles. The van der Waals surface area contributed by atoms with E-state index in [0.717, 1.165) is 17.2 Å². The molecule has 4 nitrogen and oxygen atoms in total. The van der Waals surface area contributed by atoms with Crippen LogP contribution < -0.4 is 10.1 Å².